The number of nitrogens with one attached hydrogen (secondary N) is 1. The maximum Gasteiger partial charge on any atom is 0.287 e. The molecule has 3 nitrogen and oxygen atoms in total. The fourth-order valence-corrected chi connectivity index (χ4v) is 3.24. The topological polar surface area (TPSA) is 42.2 Å². The van der Waals surface area contributed by atoms with Gasteiger partial charge in [0.25, 0.3) is 5.91 Å². The molecular formula is C23H21NO2. The Morgan fingerprint density at radius 2 is 1.77 bits per heavy atom. The second-order valence-electron chi connectivity index (χ2n) is 6.65. The van der Waals surface area contributed by atoms with E-state index in [-0.39, 0.29) is 5.91 Å². The molecule has 0 saturated heterocycles. The predicted molar refractivity (Wildman–Crippen MR) is 106 cm³/mol. The maximum atomic E-state index is 12.4. The van der Waals surface area contributed by atoms with E-state index in [1.54, 1.807) is 0 Å². The molecule has 4 rings (SSSR count). The highest BCUT2D eigenvalue weighted by atomic mass is 16.3. The molecule has 3 aromatic carbocycles. The zero-order chi connectivity index (χ0) is 17.9. The zero-order valence-corrected chi connectivity index (χ0v) is 14.8. The molecule has 1 N–H and O–H groups in total. The van der Waals surface area contributed by atoms with Crippen LogP contribution in [-0.4, -0.2) is 12.5 Å². The summed E-state index contributed by atoms with van der Waals surface area (Å²) in [5, 5.41) is 6.18. The molecule has 1 heterocycles. The summed E-state index contributed by atoms with van der Waals surface area (Å²) in [6, 6.07) is 22.4. The van der Waals surface area contributed by atoms with E-state index in [1.165, 1.54) is 11.1 Å². The lowest BCUT2D eigenvalue weighted by Gasteiger charge is -2.04. The third-order valence-corrected chi connectivity index (χ3v) is 4.70. The number of fused-ring (bicyclic) bond motifs is 3. The number of aryl methyl sites for hydroxylation is 2. The SMILES string of the molecule is Cc1ccc(CCCNC(=O)c2cc3c(ccc4ccccc43)o2)cc1. The molecule has 130 valence electrons. The molecule has 0 bridgehead atoms. The number of furan rings is 1. The van der Waals surface area contributed by atoms with Gasteiger partial charge in [0.05, 0.1) is 0 Å². The lowest BCUT2D eigenvalue weighted by atomic mass is 10.1. The minimum atomic E-state index is -0.158. The fourth-order valence-electron chi connectivity index (χ4n) is 3.24. The first-order valence-corrected chi connectivity index (χ1v) is 8.96. The molecule has 0 fully saturated rings. The van der Waals surface area contributed by atoms with Crippen molar-refractivity contribution in [2.75, 3.05) is 6.54 Å². The van der Waals surface area contributed by atoms with Crippen molar-refractivity contribution in [1.82, 2.24) is 5.32 Å². The Balaban J connectivity index is 1.41. The summed E-state index contributed by atoms with van der Waals surface area (Å²) in [4.78, 5) is 12.4. The molecular weight excluding hydrogens is 322 g/mol. The summed E-state index contributed by atoms with van der Waals surface area (Å²) in [6.07, 6.45) is 1.85. The lowest BCUT2D eigenvalue weighted by Crippen LogP contribution is -2.24. The molecule has 4 aromatic rings. The average Bonchev–Trinajstić information content (AvgIpc) is 3.11. The molecule has 1 amide bonds. The van der Waals surface area contributed by atoms with Crippen molar-refractivity contribution in [3.63, 3.8) is 0 Å². The van der Waals surface area contributed by atoms with E-state index >= 15 is 0 Å². The lowest BCUT2D eigenvalue weighted by molar-refractivity contribution is 0.0927. The molecule has 26 heavy (non-hydrogen) atoms. The number of rotatable bonds is 5. The summed E-state index contributed by atoms with van der Waals surface area (Å²) in [7, 11) is 0. The van der Waals surface area contributed by atoms with E-state index < -0.39 is 0 Å². The molecule has 0 atom stereocenters. The van der Waals surface area contributed by atoms with Crippen LogP contribution in [0.25, 0.3) is 21.7 Å². The van der Waals surface area contributed by atoms with Crippen LogP contribution in [0, 0.1) is 6.92 Å². The van der Waals surface area contributed by atoms with Gasteiger partial charge in [0.2, 0.25) is 0 Å². The van der Waals surface area contributed by atoms with Gasteiger partial charge in [-0.05, 0) is 48.2 Å². The molecule has 0 radical (unpaired) electrons. The third-order valence-electron chi connectivity index (χ3n) is 4.70. The van der Waals surface area contributed by atoms with Gasteiger partial charge < -0.3 is 9.73 Å². The van der Waals surface area contributed by atoms with E-state index in [0.717, 1.165) is 34.6 Å². The van der Waals surface area contributed by atoms with Crippen LogP contribution in [0.2, 0.25) is 0 Å². The normalized spacial score (nSPS) is 11.1. The molecule has 1 aromatic heterocycles. The minimum Gasteiger partial charge on any atom is -0.451 e. The summed E-state index contributed by atoms with van der Waals surface area (Å²) >= 11 is 0. The number of amides is 1. The van der Waals surface area contributed by atoms with Crippen LogP contribution in [0.15, 0.2) is 71.1 Å². The Morgan fingerprint density at radius 1 is 0.962 bits per heavy atom. The van der Waals surface area contributed by atoms with Gasteiger partial charge in [-0.1, -0.05) is 60.2 Å². The highest BCUT2D eigenvalue weighted by Gasteiger charge is 2.13. The van der Waals surface area contributed by atoms with Crippen molar-refractivity contribution in [3.05, 3.63) is 83.6 Å². The van der Waals surface area contributed by atoms with Crippen molar-refractivity contribution in [2.24, 2.45) is 0 Å². The van der Waals surface area contributed by atoms with Gasteiger partial charge in [0.15, 0.2) is 5.76 Å². The highest BCUT2D eigenvalue weighted by Crippen LogP contribution is 2.28. The molecule has 0 spiro atoms. The van der Waals surface area contributed by atoms with Crippen LogP contribution in [0.4, 0.5) is 0 Å². The molecule has 0 aliphatic carbocycles. The van der Waals surface area contributed by atoms with Crippen LogP contribution in [0.1, 0.15) is 28.1 Å². The van der Waals surface area contributed by atoms with E-state index in [0.29, 0.717) is 12.3 Å². The van der Waals surface area contributed by atoms with Crippen molar-refractivity contribution in [1.29, 1.82) is 0 Å². The van der Waals surface area contributed by atoms with Crippen molar-refractivity contribution in [2.45, 2.75) is 19.8 Å². The Labute approximate surface area is 152 Å². The van der Waals surface area contributed by atoms with Gasteiger partial charge in [0, 0.05) is 11.9 Å². The number of carbonyl (C=O) groups is 1. The molecule has 0 aliphatic heterocycles. The van der Waals surface area contributed by atoms with E-state index in [1.807, 2.05) is 30.3 Å². The van der Waals surface area contributed by atoms with Crippen molar-refractivity contribution < 1.29 is 9.21 Å². The van der Waals surface area contributed by atoms with E-state index in [9.17, 15) is 4.79 Å². The summed E-state index contributed by atoms with van der Waals surface area (Å²) < 4.78 is 5.75. The van der Waals surface area contributed by atoms with Crippen LogP contribution >= 0.6 is 0 Å². The summed E-state index contributed by atoms with van der Waals surface area (Å²) in [6.45, 7) is 2.71. The van der Waals surface area contributed by atoms with E-state index in [4.69, 9.17) is 4.42 Å². The first-order valence-electron chi connectivity index (χ1n) is 8.96. The van der Waals surface area contributed by atoms with Gasteiger partial charge >= 0.3 is 0 Å². The van der Waals surface area contributed by atoms with Crippen LogP contribution < -0.4 is 5.32 Å². The number of hydrogen-bond acceptors (Lipinski definition) is 2. The largest absolute Gasteiger partial charge is 0.451 e. The fraction of sp³-hybridized carbons (Fsp3) is 0.174. The zero-order valence-electron chi connectivity index (χ0n) is 14.8. The first kappa shape index (κ1) is 16.4. The van der Waals surface area contributed by atoms with Crippen molar-refractivity contribution in [3.8, 4) is 0 Å². The molecule has 0 unspecified atom stereocenters. The first-order chi connectivity index (χ1) is 12.7. The van der Waals surface area contributed by atoms with E-state index in [2.05, 4.69) is 48.6 Å². The number of hydrogen-bond donors (Lipinski definition) is 1. The smallest absolute Gasteiger partial charge is 0.287 e. The van der Waals surface area contributed by atoms with Gasteiger partial charge in [-0.3, -0.25) is 4.79 Å². The van der Waals surface area contributed by atoms with Crippen LogP contribution in [0.5, 0.6) is 0 Å². The average molecular weight is 343 g/mol. The van der Waals surface area contributed by atoms with Gasteiger partial charge in [-0.25, -0.2) is 0 Å². The minimum absolute atomic E-state index is 0.158. The standard InChI is InChI=1S/C23H21NO2/c1-16-8-10-17(11-9-16)5-4-14-24-23(25)22-15-20-19-7-3-2-6-18(19)12-13-21(20)26-22/h2-3,6-13,15H,4-5,14H2,1H3,(H,24,25). The Hall–Kier alpha value is -3.07. The number of benzene rings is 3. The van der Waals surface area contributed by atoms with Crippen LogP contribution in [-0.2, 0) is 6.42 Å². The Kier molecular flexibility index (Phi) is 4.44. The second-order valence-corrected chi connectivity index (χ2v) is 6.65. The molecule has 3 heteroatoms. The quantitative estimate of drug-likeness (QED) is 0.502. The van der Waals surface area contributed by atoms with Gasteiger partial charge in [0.1, 0.15) is 5.58 Å². The highest BCUT2D eigenvalue weighted by molar-refractivity contribution is 6.08. The van der Waals surface area contributed by atoms with Crippen LogP contribution in [0.3, 0.4) is 0 Å². The predicted octanol–water partition coefficient (Wildman–Crippen LogP) is 5.26. The van der Waals surface area contributed by atoms with Gasteiger partial charge in [-0.15, -0.1) is 0 Å². The Morgan fingerprint density at radius 3 is 2.62 bits per heavy atom. The summed E-state index contributed by atoms with van der Waals surface area (Å²) in [5.41, 5.74) is 3.30. The third kappa shape index (κ3) is 3.33. The second kappa shape index (κ2) is 7.04. The maximum absolute atomic E-state index is 12.4. The molecule has 0 saturated carbocycles. The van der Waals surface area contributed by atoms with Crippen molar-refractivity contribution >= 4 is 27.6 Å². The Bertz CT molecular complexity index is 1060. The molecule has 0 aliphatic rings. The van der Waals surface area contributed by atoms with Gasteiger partial charge in [-0.2, -0.15) is 0 Å². The summed E-state index contributed by atoms with van der Waals surface area (Å²) in [5.74, 6) is 0.209. The number of carbonyl (C=O) groups excluding carboxylic acids is 1. The monoisotopic (exact) mass is 343 g/mol.